The quantitative estimate of drug-likeness (QED) is 0.660. The van der Waals surface area contributed by atoms with E-state index in [9.17, 15) is 13.2 Å². The Balaban J connectivity index is 2.45. The largest absolute Gasteiger partial charge is 0.395 e. The summed E-state index contributed by atoms with van der Waals surface area (Å²) in [6.45, 7) is 3.63. The molecule has 19 heavy (non-hydrogen) atoms. The van der Waals surface area contributed by atoms with Gasteiger partial charge in [0.1, 0.15) is 0 Å². The fraction of sp³-hybridized carbons (Fsp3) is 0.909. The molecule has 1 heterocycles. The maximum Gasteiger partial charge on any atom is 0.236 e. The number of likely N-dealkylation sites (N-methyl/N-ethyl adjacent to an activating group) is 1. The van der Waals surface area contributed by atoms with Crippen LogP contribution in [0.3, 0.4) is 0 Å². The van der Waals surface area contributed by atoms with Crippen molar-refractivity contribution in [2.45, 2.75) is 13.0 Å². The number of sulfonamides is 1. The fourth-order valence-electron chi connectivity index (χ4n) is 1.88. The summed E-state index contributed by atoms with van der Waals surface area (Å²) in [5, 5.41) is 9.01. The molecule has 0 aromatic carbocycles. The van der Waals surface area contributed by atoms with Crippen LogP contribution in [-0.2, 0) is 14.8 Å². The predicted molar refractivity (Wildman–Crippen MR) is 72.2 cm³/mol. The molecule has 0 aromatic rings. The molecule has 1 unspecified atom stereocenters. The Bertz CT molecular complexity index is 404. The lowest BCUT2D eigenvalue weighted by Gasteiger charge is -2.34. The molecule has 1 rings (SSSR count). The Morgan fingerprint density at radius 3 is 2.26 bits per heavy atom. The van der Waals surface area contributed by atoms with Crippen molar-refractivity contribution in [2.24, 2.45) is 0 Å². The van der Waals surface area contributed by atoms with Gasteiger partial charge in [-0.3, -0.25) is 9.69 Å². The average molecular weight is 293 g/mol. The van der Waals surface area contributed by atoms with Crippen LogP contribution in [0.5, 0.6) is 0 Å². The Morgan fingerprint density at radius 2 is 1.84 bits per heavy atom. The van der Waals surface area contributed by atoms with Gasteiger partial charge >= 0.3 is 0 Å². The third-order valence-corrected chi connectivity index (χ3v) is 4.76. The van der Waals surface area contributed by atoms with Crippen LogP contribution in [0.2, 0.25) is 0 Å². The first-order valence-electron chi connectivity index (χ1n) is 6.29. The van der Waals surface area contributed by atoms with Crippen LogP contribution >= 0.6 is 0 Å². The Morgan fingerprint density at radius 1 is 1.32 bits per heavy atom. The van der Waals surface area contributed by atoms with Crippen molar-refractivity contribution in [3.8, 4) is 0 Å². The monoisotopic (exact) mass is 293 g/mol. The molecule has 0 aliphatic carbocycles. The number of carbonyl (C=O) groups excluding carboxylic acids is 1. The van der Waals surface area contributed by atoms with Crippen molar-refractivity contribution < 1.29 is 18.3 Å². The summed E-state index contributed by atoms with van der Waals surface area (Å²) in [6.07, 6.45) is 1.18. The number of hydrogen-bond acceptors (Lipinski definition) is 5. The van der Waals surface area contributed by atoms with E-state index in [2.05, 4.69) is 0 Å². The summed E-state index contributed by atoms with van der Waals surface area (Å²) in [6, 6.07) is -0.0683. The first-order chi connectivity index (χ1) is 8.75. The van der Waals surface area contributed by atoms with E-state index in [0.717, 1.165) is 0 Å². The summed E-state index contributed by atoms with van der Waals surface area (Å²) >= 11 is 0. The van der Waals surface area contributed by atoms with Gasteiger partial charge in [-0.05, 0) is 14.0 Å². The number of nitrogens with zero attached hydrogens (tertiary/aromatic N) is 3. The third-order valence-electron chi connectivity index (χ3n) is 3.46. The van der Waals surface area contributed by atoms with E-state index in [4.69, 9.17) is 5.11 Å². The molecule has 0 aromatic heterocycles. The van der Waals surface area contributed by atoms with Crippen molar-refractivity contribution in [3.05, 3.63) is 0 Å². The SMILES string of the molecule is CC(CO)N(C)CC(=O)N1CCN(S(C)(=O)=O)CC1. The second-order valence-electron chi connectivity index (χ2n) is 4.99. The molecule has 1 amide bonds. The molecule has 1 atom stereocenters. The molecule has 1 aliphatic heterocycles. The minimum absolute atomic E-state index is 0.00559. The van der Waals surface area contributed by atoms with Gasteiger partial charge in [-0.15, -0.1) is 0 Å². The zero-order chi connectivity index (χ0) is 14.6. The second-order valence-corrected chi connectivity index (χ2v) is 6.97. The first-order valence-corrected chi connectivity index (χ1v) is 8.14. The molecule has 1 saturated heterocycles. The van der Waals surface area contributed by atoms with Gasteiger partial charge in [-0.2, -0.15) is 4.31 Å². The highest BCUT2D eigenvalue weighted by atomic mass is 32.2. The van der Waals surface area contributed by atoms with E-state index in [1.165, 1.54) is 10.6 Å². The lowest BCUT2D eigenvalue weighted by Crippen LogP contribution is -2.52. The summed E-state index contributed by atoms with van der Waals surface area (Å²) in [5.41, 5.74) is 0. The van der Waals surface area contributed by atoms with Crippen LogP contribution in [0.4, 0.5) is 0 Å². The summed E-state index contributed by atoms with van der Waals surface area (Å²) in [5.74, 6) is -0.0315. The number of aliphatic hydroxyl groups is 1. The minimum atomic E-state index is -3.16. The normalized spacial score (nSPS) is 19.7. The first kappa shape index (κ1) is 16.4. The maximum absolute atomic E-state index is 12.0. The van der Waals surface area contributed by atoms with Gasteiger partial charge in [0.2, 0.25) is 15.9 Å². The van der Waals surface area contributed by atoms with Crippen LogP contribution in [-0.4, -0.2) is 92.2 Å². The number of carbonyl (C=O) groups is 1. The van der Waals surface area contributed by atoms with Crippen LogP contribution in [0.25, 0.3) is 0 Å². The van der Waals surface area contributed by atoms with Gasteiger partial charge in [0, 0.05) is 32.2 Å². The smallest absolute Gasteiger partial charge is 0.236 e. The minimum Gasteiger partial charge on any atom is -0.395 e. The van der Waals surface area contributed by atoms with Crippen molar-refractivity contribution in [2.75, 3.05) is 52.6 Å². The van der Waals surface area contributed by atoms with Gasteiger partial charge in [-0.25, -0.2) is 8.42 Å². The highest BCUT2D eigenvalue weighted by Crippen LogP contribution is 2.07. The zero-order valence-electron chi connectivity index (χ0n) is 11.7. The summed E-state index contributed by atoms with van der Waals surface area (Å²) < 4.78 is 24.1. The summed E-state index contributed by atoms with van der Waals surface area (Å²) in [7, 11) is -1.38. The molecular weight excluding hydrogens is 270 g/mol. The Labute approximate surface area is 114 Å². The Kier molecular flexibility index (Phi) is 5.72. The standard InChI is InChI=1S/C11H23N3O4S/c1-10(9-15)12(2)8-11(16)13-4-6-14(7-5-13)19(3,17)18/h10,15H,4-9H2,1-3H3. The van der Waals surface area contributed by atoms with E-state index in [-0.39, 0.29) is 25.1 Å². The topological polar surface area (TPSA) is 81.2 Å². The van der Waals surface area contributed by atoms with Crippen molar-refractivity contribution in [1.29, 1.82) is 0 Å². The van der Waals surface area contributed by atoms with E-state index in [1.807, 2.05) is 6.92 Å². The van der Waals surface area contributed by atoms with Crippen molar-refractivity contribution in [3.63, 3.8) is 0 Å². The molecule has 0 spiro atoms. The predicted octanol–water partition coefficient (Wildman–Crippen LogP) is -1.60. The van der Waals surface area contributed by atoms with Gasteiger partial charge < -0.3 is 10.0 Å². The zero-order valence-corrected chi connectivity index (χ0v) is 12.6. The highest BCUT2D eigenvalue weighted by molar-refractivity contribution is 7.88. The van der Waals surface area contributed by atoms with Crippen molar-refractivity contribution >= 4 is 15.9 Å². The lowest BCUT2D eigenvalue weighted by molar-refractivity contribution is -0.133. The van der Waals surface area contributed by atoms with Crippen LogP contribution in [0.1, 0.15) is 6.92 Å². The number of amides is 1. The molecule has 0 radical (unpaired) electrons. The molecule has 0 saturated carbocycles. The van der Waals surface area contributed by atoms with Gasteiger partial charge in [0.25, 0.3) is 0 Å². The molecule has 112 valence electrons. The molecule has 7 nitrogen and oxygen atoms in total. The molecular formula is C11H23N3O4S. The van der Waals surface area contributed by atoms with Crippen molar-refractivity contribution in [1.82, 2.24) is 14.1 Å². The third kappa shape index (κ3) is 4.72. The van der Waals surface area contributed by atoms with E-state index in [1.54, 1.807) is 16.8 Å². The number of aliphatic hydroxyl groups excluding tert-OH is 1. The fourth-order valence-corrected chi connectivity index (χ4v) is 2.70. The van der Waals surface area contributed by atoms with Crippen LogP contribution in [0, 0.1) is 0 Å². The van der Waals surface area contributed by atoms with Crippen LogP contribution in [0.15, 0.2) is 0 Å². The van der Waals surface area contributed by atoms with Gasteiger partial charge in [-0.1, -0.05) is 0 Å². The van der Waals surface area contributed by atoms with Gasteiger partial charge in [0.05, 0.1) is 19.4 Å². The molecule has 1 aliphatic rings. The molecule has 1 fully saturated rings. The number of hydrogen-bond donors (Lipinski definition) is 1. The second kappa shape index (κ2) is 6.65. The molecule has 0 bridgehead atoms. The molecule has 1 N–H and O–H groups in total. The Hall–Kier alpha value is -0.700. The number of piperazine rings is 1. The average Bonchev–Trinajstić information content (AvgIpc) is 2.36. The van der Waals surface area contributed by atoms with Crippen LogP contribution < -0.4 is 0 Å². The van der Waals surface area contributed by atoms with E-state index in [0.29, 0.717) is 26.2 Å². The number of rotatable bonds is 5. The van der Waals surface area contributed by atoms with E-state index >= 15 is 0 Å². The molecule has 8 heteroatoms. The lowest BCUT2D eigenvalue weighted by atomic mass is 10.3. The van der Waals surface area contributed by atoms with E-state index < -0.39 is 10.0 Å². The summed E-state index contributed by atoms with van der Waals surface area (Å²) in [4.78, 5) is 15.5. The maximum atomic E-state index is 12.0. The van der Waals surface area contributed by atoms with Gasteiger partial charge in [0.15, 0.2) is 0 Å². The highest BCUT2D eigenvalue weighted by Gasteiger charge is 2.26.